The smallest absolute Gasteiger partial charge is 0.306 e. The molecule has 0 bridgehead atoms. The van der Waals surface area contributed by atoms with Crippen molar-refractivity contribution >= 4 is 17.3 Å². The third kappa shape index (κ3) is 3.95. The minimum absolute atomic E-state index is 0.0224. The predicted molar refractivity (Wildman–Crippen MR) is 70.4 cm³/mol. The largest absolute Gasteiger partial charge is 0.481 e. The van der Waals surface area contributed by atoms with Gasteiger partial charge in [0.2, 0.25) is 5.82 Å². The van der Waals surface area contributed by atoms with Crippen LogP contribution in [0.1, 0.15) is 25.3 Å². The molecular formula is C13H13FN2O4. The lowest BCUT2D eigenvalue weighted by Crippen LogP contribution is -2.04. The predicted octanol–water partition coefficient (Wildman–Crippen LogP) is 2.17. The number of benzene rings is 1. The highest BCUT2D eigenvalue weighted by Crippen LogP contribution is 2.23. The summed E-state index contributed by atoms with van der Waals surface area (Å²) in [6.07, 6.45) is 0.384. The molecule has 0 aliphatic carbocycles. The van der Waals surface area contributed by atoms with Crippen LogP contribution in [0.15, 0.2) is 12.1 Å². The summed E-state index contributed by atoms with van der Waals surface area (Å²) in [7, 11) is 0. The average Bonchev–Trinajstić information content (AvgIpc) is 2.35. The topological polar surface area (TPSA) is 106 Å². The van der Waals surface area contributed by atoms with E-state index in [9.17, 15) is 19.3 Å². The number of nitro benzene ring substituents is 1. The summed E-state index contributed by atoms with van der Waals surface area (Å²) in [6.45, 7) is 1.78. The van der Waals surface area contributed by atoms with Gasteiger partial charge >= 0.3 is 11.7 Å². The molecule has 20 heavy (non-hydrogen) atoms. The lowest BCUT2D eigenvalue weighted by molar-refractivity contribution is -0.387. The molecule has 0 fully saturated rings. The minimum atomic E-state index is -1.03. The summed E-state index contributed by atoms with van der Waals surface area (Å²) in [5.41, 5.74) is 4.92. The van der Waals surface area contributed by atoms with E-state index in [2.05, 4.69) is 11.8 Å². The second kappa shape index (κ2) is 6.52. The maximum absolute atomic E-state index is 13.3. The molecule has 1 aromatic carbocycles. The van der Waals surface area contributed by atoms with Crippen LogP contribution in [0.4, 0.5) is 15.8 Å². The summed E-state index contributed by atoms with van der Waals surface area (Å²) in [4.78, 5) is 20.4. The normalized spacial score (nSPS) is 11.3. The first-order valence-corrected chi connectivity index (χ1v) is 5.81. The van der Waals surface area contributed by atoms with E-state index in [4.69, 9.17) is 10.8 Å². The molecule has 6 nitrogen and oxygen atoms in total. The molecule has 0 radical (unpaired) electrons. The van der Waals surface area contributed by atoms with Crippen LogP contribution < -0.4 is 5.73 Å². The molecule has 0 saturated carbocycles. The zero-order valence-electron chi connectivity index (χ0n) is 10.7. The molecule has 0 amide bonds. The molecule has 1 atom stereocenters. The van der Waals surface area contributed by atoms with Crippen molar-refractivity contribution < 1.29 is 19.2 Å². The van der Waals surface area contributed by atoms with Gasteiger partial charge in [0, 0.05) is 18.1 Å². The van der Waals surface area contributed by atoms with Crippen molar-refractivity contribution in [3.8, 4) is 11.8 Å². The zero-order valence-corrected chi connectivity index (χ0v) is 10.7. The standard InChI is InChI=1S/C13H13FN2O4/c1-2-8(5-13(17)18)3-4-9-6-12(16(19)20)10(14)7-11(9)15/h6-8H,2,5,15H2,1H3,(H,17,18). The Labute approximate surface area is 114 Å². The molecule has 0 heterocycles. The number of halogens is 1. The molecule has 106 valence electrons. The van der Waals surface area contributed by atoms with Gasteiger partial charge in [-0.2, -0.15) is 4.39 Å². The van der Waals surface area contributed by atoms with Gasteiger partial charge in [-0.3, -0.25) is 14.9 Å². The van der Waals surface area contributed by atoms with Gasteiger partial charge < -0.3 is 10.8 Å². The third-order valence-corrected chi connectivity index (χ3v) is 2.64. The second-order valence-electron chi connectivity index (χ2n) is 4.12. The van der Waals surface area contributed by atoms with Gasteiger partial charge in [0.1, 0.15) is 0 Å². The summed E-state index contributed by atoms with van der Waals surface area (Å²) in [5, 5.41) is 19.3. The first kappa shape index (κ1) is 15.4. The molecule has 0 saturated heterocycles. The number of nitrogens with zero attached hydrogens (tertiary/aromatic N) is 1. The van der Waals surface area contributed by atoms with Crippen LogP contribution in [0.2, 0.25) is 0 Å². The first-order chi connectivity index (χ1) is 9.35. The molecular weight excluding hydrogens is 267 g/mol. The number of hydrogen-bond acceptors (Lipinski definition) is 4. The Hall–Kier alpha value is -2.62. The van der Waals surface area contributed by atoms with Crippen molar-refractivity contribution in [3.63, 3.8) is 0 Å². The Morgan fingerprint density at radius 1 is 1.60 bits per heavy atom. The van der Waals surface area contributed by atoms with E-state index >= 15 is 0 Å². The molecule has 1 unspecified atom stereocenters. The molecule has 3 N–H and O–H groups in total. The van der Waals surface area contributed by atoms with Crippen molar-refractivity contribution in [2.45, 2.75) is 19.8 Å². The number of rotatable bonds is 4. The summed E-state index contributed by atoms with van der Waals surface area (Å²) in [5.74, 6) is 2.86. The molecule has 0 aromatic heterocycles. The number of nitrogen functional groups attached to an aromatic ring is 1. The van der Waals surface area contributed by atoms with Crippen LogP contribution in [0.5, 0.6) is 0 Å². The summed E-state index contributed by atoms with van der Waals surface area (Å²) in [6, 6.07) is 1.78. The number of hydrogen-bond donors (Lipinski definition) is 2. The zero-order chi connectivity index (χ0) is 15.3. The van der Waals surface area contributed by atoms with E-state index < -0.39 is 28.3 Å². The molecule has 0 aliphatic rings. The lowest BCUT2D eigenvalue weighted by Gasteiger charge is -2.03. The molecule has 1 rings (SSSR count). The van der Waals surface area contributed by atoms with E-state index in [1.54, 1.807) is 6.92 Å². The lowest BCUT2D eigenvalue weighted by atomic mass is 10.0. The SMILES string of the molecule is CCC(C#Cc1cc([N+](=O)[O-])c(F)cc1N)CC(=O)O. The fraction of sp³-hybridized carbons (Fsp3) is 0.308. The van der Waals surface area contributed by atoms with Crippen LogP contribution in [0.25, 0.3) is 0 Å². The van der Waals surface area contributed by atoms with Crippen molar-refractivity contribution in [2.75, 3.05) is 5.73 Å². The van der Waals surface area contributed by atoms with Gasteiger partial charge in [0.15, 0.2) is 0 Å². The second-order valence-corrected chi connectivity index (χ2v) is 4.12. The van der Waals surface area contributed by atoms with Crippen molar-refractivity contribution in [1.82, 2.24) is 0 Å². The van der Waals surface area contributed by atoms with Gasteiger partial charge in [0.25, 0.3) is 0 Å². The number of nitro groups is 1. The molecule has 0 aliphatic heterocycles. The van der Waals surface area contributed by atoms with Crippen LogP contribution in [-0.4, -0.2) is 16.0 Å². The van der Waals surface area contributed by atoms with Crippen molar-refractivity contribution in [2.24, 2.45) is 5.92 Å². The maximum Gasteiger partial charge on any atom is 0.306 e. The average molecular weight is 280 g/mol. The van der Waals surface area contributed by atoms with Gasteiger partial charge in [-0.25, -0.2) is 0 Å². The Kier molecular flexibility index (Phi) is 5.03. The van der Waals surface area contributed by atoms with Crippen LogP contribution in [0, 0.1) is 33.7 Å². The fourth-order valence-electron chi connectivity index (χ4n) is 1.51. The van der Waals surface area contributed by atoms with Gasteiger partial charge in [0.05, 0.1) is 22.6 Å². The fourth-order valence-corrected chi connectivity index (χ4v) is 1.51. The summed E-state index contributed by atoms with van der Waals surface area (Å²) < 4.78 is 13.3. The highest BCUT2D eigenvalue weighted by Gasteiger charge is 2.16. The Balaban J connectivity index is 3.12. The minimum Gasteiger partial charge on any atom is -0.481 e. The van der Waals surface area contributed by atoms with Crippen LogP contribution in [-0.2, 0) is 4.79 Å². The van der Waals surface area contributed by atoms with Crippen LogP contribution in [0.3, 0.4) is 0 Å². The van der Waals surface area contributed by atoms with E-state index in [0.717, 1.165) is 12.1 Å². The van der Waals surface area contributed by atoms with Crippen molar-refractivity contribution in [1.29, 1.82) is 0 Å². The number of carboxylic acids is 1. The van der Waals surface area contributed by atoms with Crippen molar-refractivity contribution in [3.05, 3.63) is 33.6 Å². The highest BCUT2D eigenvalue weighted by molar-refractivity contribution is 5.68. The van der Waals surface area contributed by atoms with Gasteiger partial charge in [-0.1, -0.05) is 18.8 Å². The van der Waals surface area contributed by atoms with E-state index in [1.807, 2.05) is 0 Å². The number of anilines is 1. The van der Waals surface area contributed by atoms with Gasteiger partial charge in [-0.05, 0) is 6.42 Å². The monoisotopic (exact) mass is 280 g/mol. The Morgan fingerprint density at radius 3 is 2.75 bits per heavy atom. The number of nitrogens with two attached hydrogens (primary N) is 1. The van der Waals surface area contributed by atoms with E-state index in [0.29, 0.717) is 6.42 Å². The van der Waals surface area contributed by atoms with Gasteiger partial charge in [-0.15, -0.1) is 0 Å². The summed E-state index contributed by atoms with van der Waals surface area (Å²) >= 11 is 0. The number of carboxylic acid groups (broad SMARTS) is 1. The highest BCUT2D eigenvalue weighted by atomic mass is 19.1. The quantitative estimate of drug-likeness (QED) is 0.380. The maximum atomic E-state index is 13.3. The van der Waals surface area contributed by atoms with Crippen LogP contribution >= 0.6 is 0 Å². The van der Waals surface area contributed by atoms with E-state index in [1.165, 1.54) is 0 Å². The Bertz CT molecular complexity index is 604. The first-order valence-electron chi connectivity index (χ1n) is 5.81. The molecule has 7 heteroatoms. The van der Waals surface area contributed by atoms with E-state index in [-0.39, 0.29) is 17.7 Å². The third-order valence-electron chi connectivity index (χ3n) is 2.64. The number of aliphatic carboxylic acids is 1. The molecule has 1 aromatic rings. The molecule has 0 spiro atoms. The Morgan fingerprint density at radius 2 is 2.25 bits per heavy atom. The number of carbonyl (C=O) groups is 1.